The number of phosphoric ester groups is 1. The van der Waals surface area contributed by atoms with E-state index in [4.69, 9.17) is 18.5 Å². The fraction of sp³-hybridized carbons (Fsp3) is 0.957. The minimum atomic E-state index is -4.72. The second kappa shape index (κ2) is 37.7. The molecule has 1 radical (unpaired) electrons. The largest absolute Gasteiger partial charge is 1.00 e. The van der Waals surface area contributed by atoms with Crippen molar-refractivity contribution in [3.63, 3.8) is 0 Å². The van der Waals surface area contributed by atoms with E-state index in [0.717, 1.165) is 43.6 Å². The summed E-state index contributed by atoms with van der Waals surface area (Å²) in [4.78, 5) is 40.1. The standard InChI is InChI=1S/C46H90N2O9PS2.Na/c1-8-10-12-14-16-18-20-22-24-26-28-30-32-34-43(49)54-38-41(57-44(50)35-33-31-29-27-25-23-21-19-17-15-13-11-9-2)39-56-58(52,53)55-36-37-59-60-40-42-45(3,4)48(51)46(5,6)47(42)7;/h41-42H,8-40H2,1-7H3,(H,52,53);/q;+1/p-1/t41-,42?;/m1./s1. The van der Waals surface area contributed by atoms with Crippen LogP contribution in [0.25, 0.3) is 0 Å². The van der Waals surface area contributed by atoms with Crippen LogP contribution >= 0.6 is 29.4 Å². The average molecular weight is 932 g/mol. The Morgan fingerprint density at radius 2 is 1.05 bits per heavy atom. The first-order valence-corrected chi connectivity index (χ1v) is 28.0. The minimum Gasteiger partial charge on any atom is -0.756 e. The van der Waals surface area contributed by atoms with Gasteiger partial charge in [-0.25, -0.2) is 0 Å². The summed E-state index contributed by atoms with van der Waals surface area (Å²) in [7, 11) is 0.270. The third kappa shape index (κ3) is 29.8. The van der Waals surface area contributed by atoms with Crippen LogP contribution in [-0.4, -0.2) is 83.6 Å². The van der Waals surface area contributed by atoms with E-state index in [1.807, 2.05) is 34.7 Å². The average Bonchev–Trinajstić information content (AvgIpc) is 3.32. The van der Waals surface area contributed by atoms with E-state index >= 15 is 0 Å². The van der Waals surface area contributed by atoms with Gasteiger partial charge < -0.3 is 23.4 Å². The normalized spacial score (nSPS) is 17.8. The van der Waals surface area contributed by atoms with E-state index in [2.05, 4.69) is 18.7 Å². The summed E-state index contributed by atoms with van der Waals surface area (Å²) < 4.78 is 33.9. The molecular weight excluding hydrogens is 843 g/mol. The Bertz CT molecular complexity index is 1140. The summed E-state index contributed by atoms with van der Waals surface area (Å²) in [5.74, 6) is 0.210. The van der Waals surface area contributed by atoms with Crippen LogP contribution in [-0.2, 0) is 37.9 Å². The molecular formula is C46H89N2NaO9PS2. The van der Waals surface area contributed by atoms with Gasteiger partial charge in [-0.15, -0.1) is 10.3 Å². The van der Waals surface area contributed by atoms with Gasteiger partial charge in [-0.05, 0) is 47.6 Å². The topological polar surface area (TPSA) is 138 Å². The molecule has 0 aromatic rings. The molecule has 0 N–H and O–H groups in total. The Labute approximate surface area is 404 Å². The van der Waals surface area contributed by atoms with Crippen LogP contribution in [0, 0.1) is 0 Å². The quantitative estimate of drug-likeness (QED) is 0.0190. The van der Waals surface area contributed by atoms with E-state index in [1.165, 1.54) is 133 Å². The molecule has 3 atom stereocenters. The smallest absolute Gasteiger partial charge is 0.756 e. The van der Waals surface area contributed by atoms with Crippen molar-refractivity contribution in [1.29, 1.82) is 0 Å². The van der Waals surface area contributed by atoms with Gasteiger partial charge in [0.25, 0.3) is 7.82 Å². The maximum absolute atomic E-state index is 12.8. The zero-order valence-corrected chi connectivity index (χ0v) is 44.8. The van der Waals surface area contributed by atoms with Crippen LogP contribution in [0.5, 0.6) is 0 Å². The third-order valence-electron chi connectivity index (χ3n) is 12.0. The number of hydroxylamine groups is 2. The number of likely N-dealkylation sites (N-methyl/N-ethyl adjacent to an activating group) is 1. The van der Waals surface area contributed by atoms with Crippen molar-refractivity contribution in [2.24, 2.45) is 0 Å². The fourth-order valence-electron chi connectivity index (χ4n) is 7.91. The van der Waals surface area contributed by atoms with Crippen molar-refractivity contribution in [2.75, 3.05) is 38.4 Å². The molecule has 1 heterocycles. The van der Waals surface area contributed by atoms with Crippen molar-refractivity contribution in [2.45, 2.75) is 245 Å². The van der Waals surface area contributed by atoms with Gasteiger partial charge in [-0.1, -0.05) is 190 Å². The van der Waals surface area contributed by atoms with Crippen molar-refractivity contribution in [3.05, 3.63) is 0 Å². The van der Waals surface area contributed by atoms with Gasteiger partial charge in [-0.3, -0.25) is 19.1 Å². The number of unbranched alkanes of at least 4 members (excludes halogenated alkanes) is 24. The van der Waals surface area contributed by atoms with E-state index < -0.39 is 43.7 Å². The molecule has 15 heteroatoms. The second-order valence-electron chi connectivity index (χ2n) is 18.0. The van der Waals surface area contributed by atoms with Crippen molar-refractivity contribution in [1.82, 2.24) is 9.96 Å². The van der Waals surface area contributed by atoms with Crippen LogP contribution in [0.4, 0.5) is 0 Å². The molecule has 2 unspecified atom stereocenters. The Hall–Kier alpha value is 0.630. The minimum absolute atomic E-state index is 0. The summed E-state index contributed by atoms with van der Waals surface area (Å²) in [6.07, 6.45) is 30.8. The second-order valence-corrected chi connectivity index (χ2v) is 22.1. The number of rotatable bonds is 41. The molecule has 0 aromatic carbocycles. The van der Waals surface area contributed by atoms with Gasteiger partial charge in [0.2, 0.25) is 0 Å². The van der Waals surface area contributed by atoms with Crippen molar-refractivity contribution >= 4 is 41.3 Å². The number of nitrogens with zero attached hydrogens (tertiary/aromatic N) is 2. The van der Waals surface area contributed by atoms with Gasteiger partial charge in [-0.2, -0.15) is 0 Å². The van der Waals surface area contributed by atoms with Gasteiger partial charge in [0.1, 0.15) is 6.61 Å². The molecule has 0 saturated carbocycles. The summed E-state index contributed by atoms with van der Waals surface area (Å²) >= 11 is 0. The number of hydrogen-bond donors (Lipinski definition) is 0. The van der Waals surface area contributed by atoms with Gasteiger partial charge >= 0.3 is 41.5 Å². The van der Waals surface area contributed by atoms with Crippen LogP contribution in [0.3, 0.4) is 0 Å². The summed E-state index contributed by atoms with van der Waals surface area (Å²) in [6, 6.07) is 0.0185. The maximum atomic E-state index is 12.8. The number of hydrogen-bond acceptors (Lipinski definition) is 12. The molecule has 0 spiro atoms. The summed E-state index contributed by atoms with van der Waals surface area (Å²) in [6.45, 7) is 11.3. The number of phosphoric acid groups is 1. The van der Waals surface area contributed by atoms with Gasteiger partial charge in [0.05, 0.1) is 24.4 Å². The van der Waals surface area contributed by atoms with Crippen molar-refractivity contribution < 1.29 is 72.3 Å². The first kappa shape index (κ1) is 61.6. The van der Waals surface area contributed by atoms with E-state index in [1.54, 1.807) is 10.8 Å². The molecule has 1 aliphatic heterocycles. The first-order chi connectivity index (χ1) is 28.7. The molecule has 0 aliphatic carbocycles. The number of carbonyl (C=O) groups is 2. The molecule has 0 amide bonds. The third-order valence-corrected chi connectivity index (χ3v) is 15.3. The van der Waals surface area contributed by atoms with Crippen LogP contribution < -0.4 is 34.5 Å². The predicted molar refractivity (Wildman–Crippen MR) is 248 cm³/mol. The zero-order valence-electron chi connectivity index (χ0n) is 40.3. The zero-order chi connectivity index (χ0) is 44.5. The van der Waals surface area contributed by atoms with Crippen LogP contribution in [0.15, 0.2) is 0 Å². The van der Waals surface area contributed by atoms with Crippen LogP contribution in [0.1, 0.15) is 221 Å². The molecule has 1 fully saturated rings. The Morgan fingerprint density at radius 3 is 1.46 bits per heavy atom. The fourth-order valence-corrected chi connectivity index (χ4v) is 11.1. The Morgan fingerprint density at radius 1 is 0.639 bits per heavy atom. The van der Waals surface area contributed by atoms with Crippen LogP contribution in [0.2, 0.25) is 0 Å². The first-order valence-electron chi connectivity index (χ1n) is 24.1. The Balaban J connectivity index is 0.0000360. The molecule has 0 bridgehead atoms. The maximum Gasteiger partial charge on any atom is 1.00 e. The molecule has 1 rings (SSSR count). The van der Waals surface area contributed by atoms with E-state index in [0.29, 0.717) is 17.9 Å². The number of ether oxygens (including phenoxy) is 2. The molecule has 0 aromatic heterocycles. The van der Waals surface area contributed by atoms with Gasteiger partial charge in [0.15, 0.2) is 6.10 Å². The number of esters is 2. The van der Waals surface area contributed by atoms with E-state index in [9.17, 15) is 24.3 Å². The monoisotopic (exact) mass is 932 g/mol. The number of carbonyl (C=O) groups excluding carboxylic acids is 2. The van der Waals surface area contributed by atoms with Crippen molar-refractivity contribution in [3.8, 4) is 0 Å². The molecule has 355 valence electrons. The summed E-state index contributed by atoms with van der Waals surface area (Å²) in [5, 5.41) is 14.0. The molecule has 11 nitrogen and oxygen atoms in total. The summed E-state index contributed by atoms with van der Waals surface area (Å²) in [5.41, 5.74) is -1.18. The molecule has 1 aliphatic rings. The van der Waals surface area contributed by atoms with Gasteiger partial charge in [0, 0.05) is 30.4 Å². The predicted octanol–water partition coefficient (Wildman–Crippen LogP) is 9.77. The SMILES string of the molecule is CCCCCCCCCCCCCCCC(=O)OC[C@H](COP(=O)([O-])OCCSSCC1N(C)C(C)(C)N([O])C1(C)C)OC(=O)CCCCCCCCCCCCCCC.[Na+]. The Kier molecular flexibility index (Phi) is 38.1. The van der Waals surface area contributed by atoms with E-state index in [-0.39, 0.29) is 61.7 Å². The molecule has 61 heavy (non-hydrogen) atoms. The molecule has 1 saturated heterocycles.